The summed E-state index contributed by atoms with van der Waals surface area (Å²) >= 11 is 0. The summed E-state index contributed by atoms with van der Waals surface area (Å²) in [7, 11) is 1.59. The van der Waals surface area contributed by atoms with Crippen LogP contribution in [0.3, 0.4) is 0 Å². The maximum Gasteiger partial charge on any atom is 0.239 e. The molecule has 0 saturated heterocycles. The summed E-state index contributed by atoms with van der Waals surface area (Å²) in [6, 6.07) is 7.49. The smallest absolute Gasteiger partial charge is 0.239 e. The van der Waals surface area contributed by atoms with Crippen LogP contribution in [0.1, 0.15) is 31.7 Å². The normalized spacial score (nSPS) is 9.90. The Morgan fingerprint density at radius 3 is 2.60 bits per heavy atom. The Morgan fingerprint density at radius 2 is 1.90 bits per heavy atom. The Kier molecular flexibility index (Phi) is 7.17. The molecule has 0 radical (unpaired) electrons. The predicted octanol–water partition coefficient (Wildman–Crippen LogP) is 1.62. The molecule has 0 fully saturated rings. The van der Waals surface area contributed by atoms with Crippen molar-refractivity contribution in [3.8, 4) is 5.75 Å². The summed E-state index contributed by atoms with van der Waals surface area (Å²) in [5, 5.41) is 5.35. The van der Waals surface area contributed by atoms with Gasteiger partial charge in [0.1, 0.15) is 5.75 Å². The first-order valence-corrected chi connectivity index (χ1v) is 6.82. The van der Waals surface area contributed by atoms with Gasteiger partial charge in [0.15, 0.2) is 0 Å². The molecule has 0 aliphatic carbocycles. The number of nitrogens with one attached hydrogen (secondary N) is 2. The topological polar surface area (TPSA) is 67.4 Å². The van der Waals surface area contributed by atoms with Crippen LogP contribution in [0.2, 0.25) is 0 Å². The first-order valence-electron chi connectivity index (χ1n) is 6.82. The maximum absolute atomic E-state index is 11.6. The van der Waals surface area contributed by atoms with Gasteiger partial charge < -0.3 is 15.4 Å². The van der Waals surface area contributed by atoms with Crippen molar-refractivity contribution in [2.75, 3.05) is 13.7 Å². The second-order valence-corrected chi connectivity index (χ2v) is 4.47. The molecule has 0 spiro atoms. The van der Waals surface area contributed by atoms with E-state index in [0.717, 1.165) is 24.2 Å². The molecule has 1 aromatic carbocycles. The zero-order chi connectivity index (χ0) is 14.8. The van der Waals surface area contributed by atoms with Gasteiger partial charge in [-0.05, 0) is 12.5 Å². The van der Waals surface area contributed by atoms with E-state index in [1.54, 1.807) is 7.11 Å². The molecule has 110 valence electrons. The number of unbranched alkanes of at least 4 members (excludes halogenated alkanes) is 1. The van der Waals surface area contributed by atoms with Crippen LogP contribution in [0.25, 0.3) is 0 Å². The third-order valence-corrected chi connectivity index (χ3v) is 2.87. The van der Waals surface area contributed by atoms with E-state index in [1.807, 2.05) is 31.2 Å². The van der Waals surface area contributed by atoms with Gasteiger partial charge >= 0.3 is 0 Å². The molecule has 0 aliphatic heterocycles. The number of carbonyl (C=O) groups is 2. The molecule has 0 atom stereocenters. The highest BCUT2D eigenvalue weighted by molar-refractivity contribution is 5.84. The second kappa shape index (κ2) is 8.96. The Morgan fingerprint density at radius 1 is 1.15 bits per heavy atom. The lowest BCUT2D eigenvalue weighted by molar-refractivity contribution is -0.126. The van der Waals surface area contributed by atoms with Crippen LogP contribution in [-0.4, -0.2) is 25.5 Å². The van der Waals surface area contributed by atoms with Gasteiger partial charge in [0.25, 0.3) is 0 Å². The largest absolute Gasteiger partial charge is 0.496 e. The Bertz CT molecular complexity index is 446. The Balaban J connectivity index is 2.31. The third-order valence-electron chi connectivity index (χ3n) is 2.87. The van der Waals surface area contributed by atoms with Gasteiger partial charge in [-0.3, -0.25) is 9.59 Å². The van der Waals surface area contributed by atoms with Crippen molar-refractivity contribution in [2.24, 2.45) is 0 Å². The zero-order valence-electron chi connectivity index (χ0n) is 12.1. The van der Waals surface area contributed by atoms with Crippen molar-refractivity contribution < 1.29 is 14.3 Å². The molecule has 0 aliphatic rings. The van der Waals surface area contributed by atoms with Crippen molar-refractivity contribution in [3.05, 3.63) is 29.8 Å². The number of hydrogen-bond donors (Lipinski definition) is 2. The molecule has 0 unspecified atom stereocenters. The van der Waals surface area contributed by atoms with Crippen molar-refractivity contribution in [3.63, 3.8) is 0 Å². The quantitative estimate of drug-likeness (QED) is 0.759. The summed E-state index contributed by atoms with van der Waals surface area (Å²) in [4.78, 5) is 23.0. The van der Waals surface area contributed by atoms with Gasteiger partial charge in [-0.1, -0.05) is 31.5 Å². The lowest BCUT2D eigenvalue weighted by Gasteiger charge is -2.10. The number of methoxy groups -OCH3 is 1. The van der Waals surface area contributed by atoms with Crippen LogP contribution < -0.4 is 15.4 Å². The molecule has 0 heterocycles. The van der Waals surface area contributed by atoms with Crippen LogP contribution in [-0.2, 0) is 16.1 Å². The van der Waals surface area contributed by atoms with E-state index < -0.39 is 0 Å². The van der Waals surface area contributed by atoms with Crippen LogP contribution >= 0.6 is 0 Å². The molecule has 20 heavy (non-hydrogen) atoms. The minimum atomic E-state index is -0.208. The molecule has 5 nitrogen and oxygen atoms in total. The van der Waals surface area contributed by atoms with E-state index in [1.165, 1.54) is 0 Å². The number of benzene rings is 1. The lowest BCUT2D eigenvalue weighted by atomic mass is 10.2. The van der Waals surface area contributed by atoms with E-state index in [9.17, 15) is 9.59 Å². The standard InChI is InChI=1S/C15H22N2O3/c1-3-4-9-14(18)17-11-15(19)16-10-12-7-5-6-8-13(12)20-2/h5-8H,3-4,9-11H2,1-2H3,(H,16,19)(H,17,18). The monoisotopic (exact) mass is 278 g/mol. The molecule has 1 aromatic rings. The van der Waals surface area contributed by atoms with Gasteiger partial charge in [-0.2, -0.15) is 0 Å². The first-order chi connectivity index (χ1) is 9.67. The van der Waals surface area contributed by atoms with E-state index in [-0.39, 0.29) is 18.4 Å². The van der Waals surface area contributed by atoms with E-state index in [0.29, 0.717) is 13.0 Å². The highest BCUT2D eigenvalue weighted by Crippen LogP contribution is 2.16. The minimum Gasteiger partial charge on any atom is -0.496 e. The van der Waals surface area contributed by atoms with Crippen molar-refractivity contribution in [1.29, 1.82) is 0 Å². The molecular formula is C15H22N2O3. The molecule has 1 rings (SSSR count). The van der Waals surface area contributed by atoms with E-state index >= 15 is 0 Å². The summed E-state index contributed by atoms with van der Waals surface area (Å²) in [6.45, 7) is 2.42. The van der Waals surface area contributed by atoms with Crippen molar-refractivity contribution in [2.45, 2.75) is 32.7 Å². The number of amides is 2. The Hall–Kier alpha value is -2.04. The zero-order valence-corrected chi connectivity index (χ0v) is 12.1. The van der Waals surface area contributed by atoms with Gasteiger partial charge in [0.05, 0.1) is 13.7 Å². The van der Waals surface area contributed by atoms with Crippen molar-refractivity contribution >= 4 is 11.8 Å². The Labute approximate surface area is 119 Å². The summed E-state index contributed by atoms with van der Waals surface area (Å²) in [5.74, 6) is 0.444. The number of ether oxygens (including phenoxy) is 1. The highest BCUT2D eigenvalue weighted by Gasteiger charge is 2.06. The maximum atomic E-state index is 11.6. The van der Waals surface area contributed by atoms with Crippen LogP contribution in [0.15, 0.2) is 24.3 Å². The molecule has 2 amide bonds. The molecule has 2 N–H and O–H groups in total. The number of para-hydroxylation sites is 1. The van der Waals surface area contributed by atoms with Gasteiger partial charge in [-0.25, -0.2) is 0 Å². The second-order valence-electron chi connectivity index (χ2n) is 4.47. The number of rotatable bonds is 8. The third kappa shape index (κ3) is 5.73. The number of hydrogen-bond acceptors (Lipinski definition) is 3. The molecule has 0 saturated carbocycles. The summed E-state index contributed by atoms with van der Waals surface area (Å²) in [5.41, 5.74) is 0.903. The van der Waals surface area contributed by atoms with Crippen LogP contribution in [0.5, 0.6) is 5.75 Å². The van der Waals surface area contributed by atoms with Crippen LogP contribution in [0, 0.1) is 0 Å². The highest BCUT2D eigenvalue weighted by atomic mass is 16.5. The van der Waals surface area contributed by atoms with Gasteiger partial charge in [0.2, 0.25) is 11.8 Å². The summed E-state index contributed by atoms with van der Waals surface area (Å²) < 4.78 is 5.20. The molecule has 0 aromatic heterocycles. The minimum absolute atomic E-state index is 0.0116. The summed E-state index contributed by atoms with van der Waals surface area (Å²) in [6.07, 6.45) is 2.28. The first kappa shape index (κ1) is 16.0. The van der Waals surface area contributed by atoms with Crippen LogP contribution in [0.4, 0.5) is 0 Å². The average Bonchev–Trinajstić information content (AvgIpc) is 2.48. The molecular weight excluding hydrogens is 256 g/mol. The molecule has 0 bridgehead atoms. The fourth-order valence-electron chi connectivity index (χ4n) is 1.71. The fraction of sp³-hybridized carbons (Fsp3) is 0.467. The van der Waals surface area contributed by atoms with E-state index in [4.69, 9.17) is 4.74 Å². The van der Waals surface area contributed by atoms with Crippen molar-refractivity contribution in [1.82, 2.24) is 10.6 Å². The average molecular weight is 278 g/mol. The molecule has 5 heteroatoms. The number of carbonyl (C=O) groups excluding carboxylic acids is 2. The fourth-order valence-corrected chi connectivity index (χ4v) is 1.71. The van der Waals surface area contributed by atoms with Gasteiger partial charge in [-0.15, -0.1) is 0 Å². The van der Waals surface area contributed by atoms with E-state index in [2.05, 4.69) is 10.6 Å². The SMILES string of the molecule is CCCCC(=O)NCC(=O)NCc1ccccc1OC. The van der Waals surface area contributed by atoms with Gasteiger partial charge in [0, 0.05) is 18.5 Å². The lowest BCUT2D eigenvalue weighted by Crippen LogP contribution is -2.36. The predicted molar refractivity (Wildman–Crippen MR) is 77.4 cm³/mol.